The van der Waals surface area contributed by atoms with E-state index in [4.69, 9.17) is 10.5 Å². The molecule has 3 heterocycles. The van der Waals surface area contributed by atoms with Gasteiger partial charge in [-0.05, 0) is 29.8 Å². The molecule has 0 spiro atoms. The van der Waals surface area contributed by atoms with E-state index in [2.05, 4.69) is 10.1 Å². The monoisotopic (exact) mass is 341 g/mol. The van der Waals surface area contributed by atoms with Crippen molar-refractivity contribution in [2.24, 2.45) is 5.73 Å². The standard InChI is InChI=1S/C17H16FN5O2/c18-12-3-1-2-11(8-12)14-10-25-7-6-22(14)16-5-4-15-20-9-13(17(19)24)23(15)21-16/h1-5,8-9,14H,6-7,10H2,(H2,19,24). The SMILES string of the molecule is NC(=O)c1cnc2ccc(N3CCOCC3c3cccc(F)c3)nn12. The number of fused-ring (bicyclic) bond motifs is 1. The number of nitrogens with zero attached hydrogens (tertiary/aromatic N) is 4. The fourth-order valence-electron chi connectivity index (χ4n) is 3.05. The molecule has 3 aromatic rings. The first kappa shape index (κ1) is 15.5. The Kier molecular flexibility index (Phi) is 3.81. The number of aromatic nitrogens is 3. The average Bonchev–Trinajstić information content (AvgIpc) is 3.05. The highest BCUT2D eigenvalue weighted by molar-refractivity contribution is 5.91. The highest BCUT2D eigenvalue weighted by atomic mass is 19.1. The van der Waals surface area contributed by atoms with Crippen molar-refractivity contribution in [3.63, 3.8) is 0 Å². The third-order valence-corrected chi connectivity index (χ3v) is 4.26. The Hall–Kier alpha value is -3.00. The predicted molar refractivity (Wildman–Crippen MR) is 88.8 cm³/mol. The molecule has 1 aromatic carbocycles. The van der Waals surface area contributed by atoms with Crippen LogP contribution in [0.4, 0.5) is 10.2 Å². The smallest absolute Gasteiger partial charge is 0.269 e. The summed E-state index contributed by atoms with van der Waals surface area (Å²) in [6.45, 7) is 1.56. The lowest BCUT2D eigenvalue weighted by Crippen LogP contribution is -2.40. The van der Waals surface area contributed by atoms with Crippen LogP contribution in [0.5, 0.6) is 0 Å². The van der Waals surface area contributed by atoms with Crippen LogP contribution in [0.1, 0.15) is 22.1 Å². The van der Waals surface area contributed by atoms with Gasteiger partial charge in [0, 0.05) is 6.54 Å². The quantitative estimate of drug-likeness (QED) is 0.781. The first-order valence-corrected chi connectivity index (χ1v) is 7.88. The van der Waals surface area contributed by atoms with Crippen molar-refractivity contribution in [2.45, 2.75) is 6.04 Å². The van der Waals surface area contributed by atoms with Gasteiger partial charge in [-0.15, -0.1) is 5.10 Å². The summed E-state index contributed by atoms with van der Waals surface area (Å²) in [6.07, 6.45) is 1.40. The van der Waals surface area contributed by atoms with Crippen LogP contribution in [-0.2, 0) is 4.74 Å². The Bertz CT molecular complexity index is 942. The molecule has 0 aliphatic carbocycles. The van der Waals surface area contributed by atoms with E-state index in [0.717, 1.165) is 5.56 Å². The molecule has 128 valence electrons. The Labute approximate surface area is 142 Å². The summed E-state index contributed by atoms with van der Waals surface area (Å²) in [7, 11) is 0. The van der Waals surface area contributed by atoms with Gasteiger partial charge in [-0.25, -0.2) is 13.9 Å². The van der Waals surface area contributed by atoms with E-state index in [1.165, 1.54) is 22.8 Å². The van der Waals surface area contributed by atoms with Crippen LogP contribution in [0.2, 0.25) is 0 Å². The Morgan fingerprint density at radius 1 is 1.32 bits per heavy atom. The fourth-order valence-corrected chi connectivity index (χ4v) is 3.05. The van der Waals surface area contributed by atoms with E-state index < -0.39 is 5.91 Å². The van der Waals surface area contributed by atoms with E-state index in [1.54, 1.807) is 12.1 Å². The average molecular weight is 341 g/mol. The number of imidazole rings is 1. The normalized spacial score (nSPS) is 17.8. The Morgan fingerprint density at radius 2 is 2.20 bits per heavy atom. The molecule has 2 aromatic heterocycles. The number of nitrogens with two attached hydrogens (primary N) is 1. The summed E-state index contributed by atoms with van der Waals surface area (Å²) in [5, 5.41) is 4.51. The van der Waals surface area contributed by atoms with Crippen molar-refractivity contribution in [3.05, 3.63) is 59.7 Å². The van der Waals surface area contributed by atoms with Crippen molar-refractivity contribution in [1.29, 1.82) is 0 Å². The number of carbonyl (C=O) groups is 1. The molecule has 0 saturated carbocycles. The number of hydrogen-bond donors (Lipinski definition) is 1. The second kappa shape index (κ2) is 6.14. The maximum Gasteiger partial charge on any atom is 0.269 e. The van der Waals surface area contributed by atoms with E-state index in [1.807, 2.05) is 17.0 Å². The molecule has 7 nitrogen and oxygen atoms in total. The van der Waals surface area contributed by atoms with Crippen molar-refractivity contribution in [3.8, 4) is 0 Å². The molecule has 1 aliphatic heterocycles. The molecule has 1 saturated heterocycles. The van der Waals surface area contributed by atoms with E-state index in [9.17, 15) is 9.18 Å². The third kappa shape index (κ3) is 2.80. The molecule has 1 unspecified atom stereocenters. The second-order valence-electron chi connectivity index (χ2n) is 5.81. The lowest BCUT2D eigenvalue weighted by Gasteiger charge is -2.36. The van der Waals surface area contributed by atoms with Gasteiger partial charge >= 0.3 is 0 Å². The summed E-state index contributed by atoms with van der Waals surface area (Å²) in [6, 6.07) is 9.87. The summed E-state index contributed by atoms with van der Waals surface area (Å²) in [5.41, 5.74) is 6.93. The zero-order chi connectivity index (χ0) is 17.4. The van der Waals surface area contributed by atoms with Gasteiger partial charge in [-0.1, -0.05) is 12.1 Å². The number of carbonyl (C=O) groups excluding carboxylic acids is 1. The minimum Gasteiger partial charge on any atom is -0.377 e. The minimum atomic E-state index is -0.596. The van der Waals surface area contributed by atoms with E-state index in [-0.39, 0.29) is 17.6 Å². The van der Waals surface area contributed by atoms with Crippen LogP contribution < -0.4 is 10.6 Å². The van der Waals surface area contributed by atoms with Gasteiger partial charge in [0.1, 0.15) is 17.3 Å². The predicted octanol–water partition coefficient (Wildman–Crippen LogP) is 1.55. The summed E-state index contributed by atoms with van der Waals surface area (Å²) in [5.74, 6) is -0.247. The van der Waals surface area contributed by atoms with Crippen molar-refractivity contribution in [1.82, 2.24) is 14.6 Å². The highest BCUT2D eigenvalue weighted by Gasteiger charge is 2.27. The highest BCUT2D eigenvalue weighted by Crippen LogP contribution is 2.29. The largest absolute Gasteiger partial charge is 0.377 e. The second-order valence-corrected chi connectivity index (χ2v) is 5.81. The first-order valence-electron chi connectivity index (χ1n) is 7.88. The van der Waals surface area contributed by atoms with E-state index in [0.29, 0.717) is 31.2 Å². The van der Waals surface area contributed by atoms with Crippen LogP contribution in [0.3, 0.4) is 0 Å². The Balaban J connectivity index is 1.76. The van der Waals surface area contributed by atoms with Gasteiger partial charge in [0.2, 0.25) is 0 Å². The van der Waals surface area contributed by atoms with Crippen LogP contribution in [0, 0.1) is 5.82 Å². The molecule has 8 heteroatoms. The molecule has 4 rings (SSSR count). The number of amides is 1. The topological polar surface area (TPSA) is 85.8 Å². The molecule has 2 N–H and O–H groups in total. The van der Waals surface area contributed by atoms with Crippen LogP contribution in [-0.4, -0.2) is 40.3 Å². The van der Waals surface area contributed by atoms with Gasteiger partial charge in [0.05, 0.1) is 25.5 Å². The summed E-state index contributed by atoms with van der Waals surface area (Å²) < 4.78 is 20.6. The molecule has 1 atom stereocenters. The summed E-state index contributed by atoms with van der Waals surface area (Å²) in [4.78, 5) is 17.7. The van der Waals surface area contributed by atoms with Crippen LogP contribution in [0.25, 0.3) is 5.65 Å². The third-order valence-electron chi connectivity index (χ3n) is 4.26. The van der Waals surface area contributed by atoms with Gasteiger partial charge in [-0.3, -0.25) is 4.79 Å². The molecule has 0 radical (unpaired) electrons. The maximum absolute atomic E-state index is 13.6. The van der Waals surface area contributed by atoms with Crippen molar-refractivity contribution in [2.75, 3.05) is 24.7 Å². The molecular formula is C17H16FN5O2. The molecule has 25 heavy (non-hydrogen) atoms. The fraction of sp³-hybridized carbons (Fsp3) is 0.235. The maximum atomic E-state index is 13.6. The Morgan fingerprint density at radius 3 is 3.00 bits per heavy atom. The van der Waals surface area contributed by atoms with Gasteiger partial charge in [0.25, 0.3) is 5.91 Å². The zero-order valence-corrected chi connectivity index (χ0v) is 13.3. The number of ether oxygens (including phenoxy) is 1. The van der Waals surface area contributed by atoms with Crippen LogP contribution in [0.15, 0.2) is 42.6 Å². The number of primary amides is 1. The minimum absolute atomic E-state index is 0.171. The lowest BCUT2D eigenvalue weighted by atomic mass is 10.0. The number of morpholine rings is 1. The molecular weight excluding hydrogens is 325 g/mol. The van der Waals surface area contributed by atoms with Crippen LogP contribution >= 0.6 is 0 Å². The summed E-state index contributed by atoms with van der Waals surface area (Å²) >= 11 is 0. The van der Waals surface area contributed by atoms with E-state index >= 15 is 0 Å². The molecule has 1 amide bonds. The number of halogens is 1. The van der Waals surface area contributed by atoms with Crippen molar-refractivity contribution < 1.29 is 13.9 Å². The number of benzene rings is 1. The molecule has 0 bridgehead atoms. The first-order chi connectivity index (χ1) is 12.1. The molecule has 1 aliphatic rings. The lowest BCUT2D eigenvalue weighted by molar-refractivity contribution is 0.0934. The van der Waals surface area contributed by atoms with Gasteiger partial charge in [-0.2, -0.15) is 0 Å². The number of rotatable bonds is 3. The number of hydrogen-bond acceptors (Lipinski definition) is 5. The molecule has 1 fully saturated rings. The van der Waals surface area contributed by atoms with Gasteiger partial charge in [0.15, 0.2) is 5.65 Å². The number of anilines is 1. The van der Waals surface area contributed by atoms with Crippen molar-refractivity contribution >= 4 is 17.4 Å². The zero-order valence-electron chi connectivity index (χ0n) is 13.3. The van der Waals surface area contributed by atoms with Gasteiger partial charge < -0.3 is 15.4 Å².